The molecule has 0 atom stereocenters. The van der Waals surface area contributed by atoms with Crippen molar-refractivity contribution in [2.45, 2.75) is 6.92 Å². The number of nitrogens with zero attached hydrogens (tertiary/aromatic N) is 1. The SMILES string of the molecule is Cc1ccc(Oc2ccc(C=NNc3ccc(Cl)c(Cl)c3)cc2)cc1. The molecule has 25 heavy (non-hydrogen) atoms. The molecule has 3 rings (SSSR count). The number of benzene rings is 3. The Morgan fingerprint density at radius 2 is 1.48 bits per heavy atom. The van der Waals surface area contributed by atoms with Gasteiger partial charge in [-0.15, -0.1) is 0 Å². The number of halogens is 2. The van der Waals surface area contributed by atoms with Crippen LogP contribution in [0.5, 0.6) is 11.5 Å². The minimum absolute atomic E-state index is 0.486. The maximum absolute atomic E-state index is 5.96. The topological polar surface area (TPSA) is 33.6 Å². The maximum Gasteiger partial charge on any atom is 0.127 e. The van der Waals surface area contributed by atoms with Gasteiger partial charge in [0.05, 0.1) is 21.9 Å². The summed E-state index contributed by atoms with van der Waals surface area (Å²) >= 11 is 11.8. The first-order valence-corrected chi connectivity index (χ1v) is 8.44. The Balaban J connectivity index is 1.60. The molecule has 0 aliphatic rings. The monoisotopic (exact) mass is 370 g/mol. The molecule has 0 amide bonds. The summed E-state index contributed by atoms with van der Waals surface area (Å²) in [6.45, 7) is 2.05. The molecule has 0 aliphatic heterocycles. The van der Waals surface area contributed by atoms with Gasteiger partial charge in [0.2, 0.25) is 0 Å². The zero-order chi connectivity index (χ0) is 17.6. The lowest BCUT2D eigenvalue weighted by Crippen LogP contribution is -1.91. The van der Waals surface area contributed by atoms with Gasteiger partial charge in [0, 0.05) is 0 Å². The van der Waals surface area contributed by atoms with E-state index >= 15 is 0 Å². The predicted molar refractivity (Wildman–Crippen MR) is 105 cm³/mol. The summed E-state index contributed by atoms with van der Waals surface area (Å²) in [7, 11) is 0. The third-order valence-electron chi connectivity index (χ3n) is 3.46. The zero-order valence-electron chi connectivity index (χ0n) is 13.5. The highest BCUT2D eigenvalue weighted by Crippen LogP contribution is 2.25. The lowest BCUT2D eigenvalue weighted by Gasteiger charge is -2.06. The first kappa shape index (κ1) is 17.3. The lowest BCUT2D eigenvalue weighted by molar-refractivity contribution is 0.482. The fraction of sp³-hybridized carbons (Fsp3) is 0.0500. The molecule has 3 aromatic rings. The molecule has 0 aromatic heterocycles. The summed E-state index contributed by atoms with van der Waals surface area (Å²) in [5.41, 5.74) is 5.83. The Hall–Kier alpha value is -2.49. The summed E-state index contributed by atoms with van der Waals surface area (Å²) < 4.78 is 5.80. The fourth-order valence-corrected chi connectivity index (χ4v) is 2.41. The van der Waals surface area contributed by atoms with Crippen molar-refractivity contribution in [2.75, 3.05) is 5.43 Å². The van der Waals surface area contributed by atoms with Crippen LogP contribution in [0.1, 0.15) is 11.1 Å². The number of hydrazone groups is 1. The molecule has 3 nitrogen and oxygen atoms in total. The quantitative estimate of drug-likeness (QED) is 0.408. The molecule has 0 bridgehead atoms. The van der Waals surface area contributed by atoms with Crippen molar-refractivity contribution in [3.63, 3.8) is 0 Å². The molecule has 0 fully saturated rings. The van der Waals surface area contributed by atoms with Crippen LogP contribution in [0.3, 0.4) is 0 Å². The van der Waals surface area contributed by atoms with Gasteiger partial charge in [0.15, 0.2) is 0 Å². The van der Waals surface area contributed by atoms with Crippen molar-refractivity contribution in [2.24, 2.45) is 5.10 Å². The summed E-state index contributed by atoms with van der Waals surface area (Å²) in [5.74, 6) is 1.59. The van der Waals surface area contributed by atoms with Crippen LogP contribution in [-0.4, -0.2) is 6.21 Å². The molecule has 0 spiro atoms. The average molecular weight is 371 g/mol. The van der Waals surface area contributed by atoms with Gasteiger partial charge in [-0.3, -0.25) is 5.43 Å². The number of ether oxygens (including phenoxy) is 1. The summed E-state index contributed by atoms with van der Waals surface area (Å²) in [5, 5.41) is 5.19. The van der Waals surface area contributed by atoms with Crippen LogP contribution in [0.4, 0.5) is 5.69 Å². The molecular weight excluding hydrogens is 355 g/mol. The van der Waals surface area contributed by atoms with E-state index in [0.29, 0.717) is 10.0 Å². The number of rotatable bonds is 5. The minimum Gasteiger partial charge on any atom is -0.457 e. The molecule has 126 valence electrons. The van der Waals surface area contributed by atoms with Crippen molar-refractivity contribution in [1.82, 2.24) is 0 Å². The first-order chi connectivity index (χ1) is 12.1. The van der Waals surface area contributed by atoms with Gasteiger partial charge in [0.1, 0.15) is 11.5 Å². The Labute approximate surface area is 156 Å². The van der Waals surface area contributed by atoms with Crippen molar-refractivity contribution >= 4 is 35.1 Å². The van der Waals surface area contributed by atoms with Crippen molar-refractivity contribution in [1.29, 1.82) is 0 Å². The van der Waals surface area contributed by atoms with Gasteiger partial charge in [-0.2, -0.15) is 5.10 Å². The van der Waals surface area contributed by atoms with E-state index < -0.39 is 0 Å². The Bertz CT molecular complexity index is 875. The predicted octanol–water partition coefficient (Wildman–Crippen LogP) is 6.54. The molecule has 0 saturated carbocycles. The largest absolute Gasteiger partial charge is 0.457 e. The molecule has 5 heteroatoms. The van der Waals surface area contributed by atoms with E-state index in [2.05, 4.69) is 10.5 Å². The highest BCUT2D eigenvalue weighted by Gasteiger charge is 1.99. The zero-order valence-corrected chi connectivity index (χ0v) is 15.1. The van der Waals surface area contributed by atoms with Crippen molar-refractivity contribution < 1.29 is 4.74 Å². The second-order valence-electron chi connectivity index (χ2n) is 5.48. The minimum atomic E-state index is 0.486. The number of nitrogens with one attached hydrogen (secondary N) is 1. The first-order valence-electron chi connectivity index (χ1n) is 7.69. The van der Waals surface area contributed by atoms with Crippen LogP contribution in [0.25, 0.3) is 0 Å². The van der Waals surface area contributed by atoms with Gasteiger partial charge in [-0.1, -0.05) is 40.9 Å². The van der Waals surface area contributed by atoms with E-state index in [1.165, 1.54) is 5.56 Å². The molecule has 0 radical (unpaired) electrons. The van der Waals surface area contributed by atoms with Crippen molar-refractivity contribution in [3.8, 4) is 11.5 Å². The van der Waals surface area contributed by atoms with Crippen LogP contribution >= 0.6 is 23.2 Å². The van der Waals surface area contributed by atoms with Crippen LogP contribution in [0.2, 0.25) is 10.0 Å². The van der Waals surface area contributed by atoms with Crippen molar-refractivity contribution in [3.05, 3.63) is 87.9 Å². The second kappa shape index (κ2) is 8.06. The van der Waals surface area contributed by atoms with Crippen LogP contribution < -0.4 is 10.2 Å². The molecule has 1 N–H and O–H groups in total. The third kappa shape index (κ3) is 4.99. The normalized spacial score (nSPS) is 10.8. The Morgan fingerprint density at radius 1 is 0.840 bits per heavy atom. The molecule has 0 unspecified atom stereocenters. The van der Waals surface area contributed by atoms with Gasteiger partial charge >= 0.3 is 0 Å². The molecule has 3 aromatic carbocycles. The van der Waals surface area contributed by atoms with E-state index in [1.54, 1.807) is 18.3 Å². The summed E-state index contributed by atoms with van der Waals surface area (Å²) in [4.78, 5) is 0. The van der Waals surface area contributed by atoms with E-state index in [0.717, 1.165) is 22.7 Å². The highest BCUT2D eigenvalue weighted by molar-refractivity contribution is 6.42. The molecule has 0 heterocycles. The molecule has 0 saturated heterocycles. The second-order valence-corrected chi connectivity index (χ2v) is 6.30. The number of anilines is 1. The lowest BCUT2D eigenvalue weighted by atomic mass is 10.2. The number of hydrogen-bond donors (Lipinski definition) is 1. The molecule has 0 aliphatic carbocycles. The van der Waals surface area contributed by atoms with Crippen LogP contribution in [-0.2, 0) is 0 Å². The number of hydrogen-bond acceptors (Lipinski definition) is 3. The molecular formula is C20H16Cl2N2O. The van der Waals surface area contributed by atoms with Crippen LogP contribution in [0.15, 0.2) is 71.8 Å². The van der Waals surface area contributed by atoms with E-state index in [1.807, 2.05) is 61.5 Å². The summed E-state index contributed by atoms with van der Waals surface area (Å²) in [6.07, 6.45) is 1.72. The average Bonchev–Trinajstić information content (AvgIpc) is 2.61. The van der Waals surface area contributed by atoms with Gasteiger partial charge in [0.25, 0.3) is 0 Å². The van der Waals surface area contributed by atoms with Gasteiger partial charge in [-0.05, 0) is 67.1 Å². The van der Waals surface area contributed by atoms with E-state index in [9.17, 15) is 0 Å². The maximum atomic E-state index is 5.96. The van der Waals surface area contributed by atoms with E-state index in [4.69, 9.17) is 27.9 Å². The summed E-state index contributed by atoms with van der Waals surface area (Å²) in [6, 6.07) is 20.9. The highest BCUT2D eigenvalue weighted by atomic mass is 35.5. The van der Waals surface area contributed by atoms with E-state index in [-0.39, 0.29) is 0 Å². The van der Waals surface area contributed by atoms with Crippen LogP contribution in [0, 0.1) is 6.92 Å². The number of aryl methyl sites for hydroxylation is 1. The third-order valence-corrected chi connectivity index (χ3v) is 4.20. The standard InChI is InChI=1S/C20H16Cl2N2O/c1-14-2-7-17(8-3-14)25-18-9-4-15(5-10-18)13-23-24-16-6-11-19(21)20(22)12-16/h2-13,24H,1H3. The van der Waals surface area contributed by atoms with Gasteiger partial charge in [-0.25, -0.2) is 0 Å². The Kier molecular flexibility index (Phi) is 5.59. The Morgan fingerprint density at radius 3 is 2.12 bits per heavy atom. The van der Waals surface area contributed by atoms with Gasteiger partial charge < -0.3 is 4.74 Å². The fourth-order valence-electron chi connectivity index (χ4n) is 2.11. The smallest absolute Gasteiger partial charge is 0.127 e.